The van der Waals surface area contributed by atoms with E-state index in [0.717, 1.165) is 16.7 Å². The van der Waals surface area contributed by atoms with E-state index < -0.39 is 47.6 Å². The molecule has 0 aliphatic rings. The van der Waals surface area contributed by atoms with Crippen molar-refractivity contribution in [3.63, 3.8) is 0 Å². The fraction of sp³-hybridized carbons (Fsp3) is 0.259. The maximum absolute atomic E-state index is 13.5. The van der Waals surface area contributed by atoms with Gasteiger partial charge in [0.15, 0.2) is 24.0 Å². The molecule has 222 valence electrons. The number of nitrogens with zero attached hydrogens (tertiary/aromatic N) is 4. The molecule has 0 aliphatic heterocycles. The Balaban J connectivity index is 1.50. The van der Waals surface area contributed by atoms with Gasteiger partial charge in [0.1, 0.15) is 12.4 Å². The molecule has 4 aromatic rings. The number of esters is 1. The number of pyridine rings is 1. The number of amides is 1. The van der Waals surface area contributed by atoms with Crippen LogP contribution < -0.4 is 4.74 Å². The van der Waals surface area contributed by atoms with Crippen molar-refractivity contribution < 1.29 is 45.6 Å². The van der Waals surface area contributed by atoms with E-state index in [1.807, 2.05) is 0 Å². The summed E-state index contributed by atoms with van der Waals surface area (Å²) in [7, 11) is 1.41. The monoisotopic (exact) mass is 610 g/mol. The molecule has 1 atom stereocenters. The van der Waals surface area contributed by atoms with Gasteiger partial charge < -0.3 is 18.9 Å². The van der Waals surface area contributed by atoms with Crippen LogP contribution in [0.1, 0.15) is 21.6 Å². The number of carbonyl (C=O) groups is 2. The number of hydrogen-bond donors (Lipinski definition) is 0. The van der Waals surface area contributed by atoms with Gasteiger partial charge in [0, 0.05) is 30.0 Å². The third-order valence-corrected chi connectivity index (χ3v) is 7.20. The first-order valence-corrected chi connectivity index (χ1v) is 13.5. The summed E-state index contributed by atoms with van der Waals surface area (Å²) in [6, 6.07) is 9.66. The van der Waals surface area contributed by atoms with E-state index in [0.29, 0.717) is 17.1 Å². The minimum Gasteiger partial charge on any atom is -0.609 e. The largest absolute Gasteiger partial charge is 0.609 e. The number of ether oxygens (including phenoxy) is 2. The predicted molar refractivity (Wildman–Crippen MR) is 140 cm³/mol. The average molecular weight is 611 g/mol. The highest BCUT2D eigenvalue weighted by molar-refractivity contribution is 7.90. The normalized spacial score (nSPS) is 12.3. The molecule has 2 aromatic heterocycles. The third kappa shape index (κ3) is 7.15. The molecule has 15 heteroatoms. The van der Waals surface area contributed by atoms with Crippen molar-refractivity contribution in [2.75, 3.05) is 26.8 Å². The molecule has 0 spiro atoms. The van der Waals surface area contributed by atoms with Crippen molar-refractivity contribution in [1.29, 1.82) is 0 Å². The zero-order valence-corrected chi connectivity index (χ0v) is 23.0. The summed E-state index contributed by atoms with van der Waals surface area (Å²) in [5.74, 6) is -3.60. The second-order valence-corrected chi connectivity index (χ2v) is 10.3. The van der Waals surface area contributed by atoms with Crippen molar-refractivity contribution in [2.45, 2.75) is 24.0 Å². The van der Waals surface area contributed by atoms with Crippen LogP contribution in [-0.2, 0) is 21.7 Å². The smallest absolute Gasteiger partial charge is 0.422 e. The lowest BCUT2D eigenvalue weighted by atomic mass is 10.2. The first-order chi connectivity index (χ1) is 19.9. The van der Waals surface area contributed by atoms with Crippen molar-refractivity contribution in [3.8, 4) is 5.75 Å². The van der Waals surface area contributed by atoms with Gasteiger partial charge in [0.2, 0.25) is 0 Å². The maximum atomic E-state index is 13.5. The SMILES string of the molecule is Cc1c(OCC(F)(F)F)ccnc1C[S@@+]([O-])c1nc2ccccc2n1C(=O)N(C)CCOC(=O)c1ccc(F)c(F)c1. The molecule has 9 nitrogen and oxygen atoms in total. The van der Waals surface area contributed by atoms with E-state index in [1.54, 1.807) is 24.3 Å². The number of hydrogen-bond acceptors (Lipinski definition) is 7. The molecule has 0 aliphatic carbocycles. The first-order valence-electron chi connectivity index (χ1n) is 12.2. The van der Waals surface area contributed by atoms with Crippen LogP contribution in [0.2, 0.25) is 0 Å². The van der Waals surface area contributed by atoms with Crippen LogP contribution in [0.15, 0.2) is 59.9 Å². The lowest BCUT2D eigenvalue weighted by Crippen LogP contribution is -2.35. The number of carbonyl (C=O) groups excluding carboxylic acids is 2. The highest BCUT2D eigenvalue weighted by Gasteiger charge is 2.31. The summed E-state index contributed by atoms with van der Waals surface area (Å²) in [6.45, 7) is -0.438. The molecule has 1 amide bonds. The molecule has 0 unspecified atom stereocenters. The lowest BCUT2D eigenvalue weighted by molar-refractivity contribution is -0.153. The van der Waals surface area contributed by atoms with Crippen LogP contribution in [-0.4, -0.2) is 69.0 Å². The lowest BCUT2D eigenvalue weighted by Gasteiger charge is -2.19. The number of benzene rings is 2. The van der Waals surface area contributed by atoms with Gasteiger partial charge in [-0.1, -0.05) is 12.1 Å². The number of fused-ring (bicyclic) bond motifs is 1. The first kappa shape index (κ1) is 30.7. The summed E-state index contributed by atoms with van der Waals surface area (Å²) in [6.07, 6.45) is -3.32. The van der Waals surface area contributed by atoms with Gasteiger partial charge in [-0.25, -0.2) is 22.9 Å². The van der Waals surface area contributed by atoms with Gasteiger partial charge in [0.05, 0.1) is 28.8 Å². The van der Waals surface area contributed by atoms with Crippen LogP contribution >= 0.6 is 0 Å². The third-order valence-electron chi connectivity index (χ3n) is 5.98. The molecular weight excluding hydrogens is 587 g/mol. The minimum atomic E-state index is -4.55. The molecule has 42 heavy (non-hydrogen) atoms. The summed E-state index contributed by atoms with van der Waals surface area (Å²) in [4.78, 5) is 35.3. The Morgan fingerprint density at radius 1 is 1.10 bits per heavy atom. The topological polar surface area (TPSA) is 110 Å². The number of imidazole rings is 1. The van der Waals surface area contributed by atoms with Crippen molar-refractivity contribution in [2.24, 2.45) is 0 Å². The van der Waals surface area contributed by atoms with E-state index in [4.69, 9.17) is 9.47 Å². The molecule has 0 saturated heterocycles. The Morgan fingerprint density at radius 3 is 2.55 bits per heavy atom. The molecule has 0 saturated carbocycles. The standard InChI is InChI=1S/C27H23F5N4O5S/c1-16-21(33-10-9-23(16)41-15-27(30,31)32)14-42(39)25-34-20-5-3-4-6-22(20)36(25)26(38)35(2)11-12-40-24(37)17-7-8-18(28)19(29)13-17/h3-10,13H,11-12,14-15H2,1-2H3/t42-/m1/s1. The Kier molecular flexibility index (Phi) is 9.31. The van der Waals surface area contributed by atoms with Crippen LogP contribution in [0.25, 0.3) is 11.0 Å². The van der Waals surface area contributed by atoms with E-state index in [-0.39, 0.29) is 46.6 Å². The van der Waals surface area contributed by atoms with Crippen LogP contribution in [0.5, 0.6) is 5.75 Å². The second-order valence-electron chi connectivity index (χ2n) is 8.96. The molecule has 0 N–H and O–H groups in total. The number of halogens is 5. The quantitative estimate of drug-likeness (QED) is 0.149. The highest BCUT2D eigenvalue weighted by atomic mass is 32.2. The fourth-order valence-electron chi connectivity index (χ4n) is 3.80. The van der Waals surface area contributed by atoms with Crippen LogP contribution in [0.4, 0.5) is 26.7 Å². The van der Waals surface area contributed by atoms with E-state index in [9.17, 15) is 36.1 Å². The molecule has 0 radical (unpaired) electrons. The maximum Gasteiger partial charge on any atom is 0.422 e. The zero-order chi connectivity index (χ0) is 30.6. The van der Waals surface area contributed by atoms with Crippen LogP contribution in [0, 0.1) is 18.6 Å². The molecular formula is C27H23F5N4O5S. The van der Waals surface area contributed by atoms with Gasteiger partial charge in [-0.05, 0) is 43.3 Å². The van der Waals surface area contributed by atoms with E-state index in [2.05, 4.69) is 9.97 Å². The molecule has 0 bridgehead atoms. The summed E-state index contributed by atoms with van der Waals surface area (Å²) in [5.41, 5.74) is 0.932. The van der Waals surface area contributed by atoms with Crippen molar-refractivity contribution in [1.82, 2.24) is 19.4 Å². The molecule has 2 heterocycles. The summed E-state index contributed by atoms with van der Waals surface area (Å²) < 4.78 is 89.0. The van der Waals surface area contributed by atoms with Crippen molar-refractivity contribution >= 4 is 34.2 Å². The average Bonchev–Trinajstić information content (AvgIpc) is 3.33. The number of aromatic nitrogens is 3. The van der Waals surface area contributed by atoms with Crippen LogP contribution in [0.3, 0.4) is 0 Å². The predicted octanol–water partition coefficient (Wildman–Crippen LogP) is 5.02. The number of rotatable bonds is 9. The highest BCUT2D eigenvalue weighted by Crippen LogP contribution is 2.27. The van der Waals surface area contributed by atoms with Gasteiger partial charge in [0.25, 0.3) is 0 Å². The van der Waals surface area contributed by atoms with Gasteiger partial charge in [-0.2, -0.15) is 18.2 Å². The fourth-order valence-corrected chi connectivity index (χ4v) is 5.05. The van der Waals surface area contributed by atoms with Crippen molar-refractivity contribution in [3.05, 3.63) is 83.2 Å². The Hall–Kier alpha value is -4.24. The molecule has 2 aromatic carbocycles. The molecule has 0 fully saturated rings. The second kappa shape index (κ2) is 12.7. The minimum absolute atomic E-state index is 0.0726. The zero-order valence-electron chi connectivity index (χ0n) is 22.2. The Bertz CT molecular complexity index is 1610. The van der Waals surface area contributed by atoms with E-state index in [1.165, 1.54) is 31.1 Å². The summed E-state index contributed by atoms with van der Waals surface area (Å²) in [5, 5.41) is -0.130. The Labute approximate surface area is 239 Å². The molecule has 4 rings (SSSR count). The van der Waals surface area contributed by atoms with Gasteiger partial charge in [-0.3, -0.25) is 4.98 Å². The summed E-state index contributed by atoms with van der Waals surface area (Å²) >= 11 is -1.98. The number of alkyl halides is 3. The number of likely N-dealkylation sites (N-methyl/N-ethyl adjacent to an activating group) is 1. The number of para-hydroxylation sites is 2. The van der Waals surface area contributed by atoms with Gasteiger partial charge in [-0.15, -0.1) is 0 Å². The van der Waals surface area contributed by atoms with E-state index >= 15 is 0 Å². The Morgan fingerprint density at radius 2 is 1.83 bits per heavy atom. The van der Waals surface area contributed by atoms with Gasteiger partial charge >= 0.3 is 23.3 Å².